The van der Waals surface area contributed by atoms with E-state index in [-0.39, 0.29) is 17.6 Å². The van der Waals surface area contributed by atoms with Crippen molar-refractivity contribution < 1.29 is 13.9 Å². The van der Waals surface area contributed by atoms with Gasteiger partial charge >= 0.3 is 0 Å². The highest BCUT2D eigenvalue weighted by atomic mass is 16.5. The van der Waals surface area contributed by atoms with Crippen molar-refractivity contribution in [1.82, 2.24) is 20.1 Å². The maximum absolute atomic E-state index is 13.3. The Kier molecular flexibility index (Phi) is 4.27. The predicted molar refractivity (Wildman–Crippen MR) is 97.5 cm³/mol. The van der Waals surface area contributed by atoms with Crippen LogP contribution in [0.5, 0.6) is 0 Å². The summed E-state index contributed by atoms with van der Waals surface area (Å²) in [6.07, 6.45) is 0.375. The van der Waals surface area contributed by atoms with Crippen LogP contribution in [-0.4, -0.2) is 45.7 Å². The first-order valence-electron chi connectivity index (χ1n) is 8.75. The number of methoxy groups -OCH3 is 1. The predicted octanol–water partition coefficient (Wildman–Crippen LogP) is 2.13. The molecule has 27 heavy (non-hydrogen) atoms. The van der Waals surface area contributed by atoms with Gasteiger partial charge in [-0.05, 0) is 18.6 Å². The second kappa shape index (κ2) is 6.62. The molecule has 2 atom stereocenters. The third-order valence-electron chi connectivity index (χ3n) is 5.08. The molecule has 0 saturated carbocycles. The maximum Gasteiger partial charge on any atom is 0.261 e. The van der Waals surface area contributed by atoms with Crippen LogP contribution in [0, 0.1) is 13.8 Å². The summed E-state index contributed by atoms with van der Waals surface area (Å²) in [4.78, 5) is 30.4. The first kappa shape index (κ1) is 17.4. The van der Waals surface area contributed by atoms with Crippen LogP contribution in [0.4, 0.5) is 0 Å². The number of aromatic amines is 1. The van der Waals surface area contributed by atoms with Gasteiger partial charge in [0.25, 0.3) is 11.5 Å². The Hall–Kier alpha value is -3.00. The molecule has 1 aromatic carbocycles. The third kappa shape index (κ3) is 2.91. The van der Waals surface area contributed by atoms with Crippen LogP contribution in [0.1, 0.15) is 40.2 Å². The van der Waals surface area contributed by atoms with E-state index in [2.05, 4.69) is 15.2 Å². The van der Waals surface area contributed by atoms with E-state index in [1.54, 1.807) is 25.9 Å². The van der Waals surface area contributed by atoms with E-state index < -0.39 is 11.6 Å². The molecular formula is C19H20N4O4. The summed E-state index contributed by atoms with van der Waals surface area (Å²) >= 11 is 0. The number of rotatable bonds is 3. The number of fused-ring (bicyclic) bond motifs is 1. The highest BCUT2D eigenvalue weighted by molar-refractivity contribution is 6.00. The maximum atomic E-state index is 13.3. The zero-order chi connectivity index (χ0) is 19.1. The van der Waals surface area contributed by atoms with Crippen molar-refractivity contribution in [2.45, 2.75) is 32.4 Å². The topological polar surface area (TPSA) is 101 Å². The van der Waals surface area contributed by atoms with E-state index in [1.807, 2.05) is 24.3 Å². The van der Waals surface area contributed by atoms with Gasteiger partial charge in [0.05, 0.1) is 6.10 Å². The zero-order valence-electron chi connectivity index (χ0n) is 15.4. The van der Waals surface area contributed by atoms with Crippen LogP contribution in [-0.2, 0) is 4.74 Å². The lowest BCUT2D eigenvalue weighted by molar-refractivity contribution is 0.0671. The number of carbonyl (C=O) groups is 1. The number of ether oxygens (including phenoxy) is 1. The molecular weight excluding hydrogens is 348 g/mol. The molecule has 8 heteroatoms. The Morgan fingerprint density at radius 2 is 2.07 bits per heavy atom. The molecule has 1 aliphatic heterocycles. The van der Waals surface area contributed by atoms with Gasteiger partial charge in [0.15, 0.2) is 0 Å². The van der Waals surface area contributed by atoms with E-state index in [4.69, 9.17) is 9.15 Å². The number of likely N-dealkylation sites (tertiary alicyclic amines) is 1. The van der Waals surface area contributed by atoms with Crippen LogP contribution in [0.2, 0.25) is 0 Å². The van der Waals surface area contributed by atoms with E-state index in [0.29, 0.717) is 35.8 Å². The molecule has 140 valence electrons. The first-order valence-corrected chi connectivity index (χ1v) is 8.75. The number of aryl methyl sites for hydroxylation is 2. The van der Waals surface area contributed by atoms with Crippen molar-refractivity contribution in [3.05, 3.63) is 57.5 Å². The lowest BCUT2D eigenvalue weighted by Crippen LogP contribution is -2.36. The highest BCUT2D eigenvalue weighted by Crippen LogP contribution is 2.34. The summed E-state index contributed by atoms with van der Waals surface area (Å²) < 4.78 is 11.0. The van der Waals surface area contributed by atoms with E-state index in [1.165, 1.54) is 0 Å². The molecule has 4 rings (SSSR count). The van der Waals surface area contributed by atoms with Gasteiger partial charge in [0.2, 0.25) is 11.8 Å². The molecule has 1 amide bonds. The molecule has 1 saturated heterocycles. The molecule has 3 aromatic rings. The third-order valence-corrected chi connectivity index (χ3v) is 5.08. The van der Waals surface area contributed by atoms with Crippen molar-refractivity contribution in [1.29, 1.82) is 0 Å². The van der Waals surface area contributed by atoms with Crippen molar-refractivity contribution in [3.63, 3.8) is 0 Å². The monoisotopic (exact) mass is 368 g/mol. The van der Waals surface area contributed by atoms with Gasteiger partial charge in [0, 0.05) is 37.9 Å². The van der Waals surface area contributed by atoms with Crippen LogP contribution < -0.4 is 5.56 Å². The summed E-state index contributed by atoms with van der Waals surface area (Å²) in [6.45, 7) is 3.84. The number of nitrogens with zero attached hydrogens (tertiary/aromatic N) is 3. The summed E-state index contributed by atoms with van der Waals surface area (Å²) in [6, 6.07) is 7.00. The summed E-state index contributed by atoms with van der Waals surface area (Å²) in [5.74, 6) is 0.424. The Bertz CT molecular complexity index is 1070. The molecule has 3 heterocycles. The molecule has 0 unspecified atom stereocenters. The second-order valence-corrected chi connectivity index (χ2v) is 6.73. The molecule has 0 bridgehead atoms. The summed E-state index contributed by atoms with van der Waals surface area (Å²) in [5.41, 5.74) is 1.08. The minimum Gasteiger partial charge on any atom is -0.423 e. The second-order valence-electron chi connectivity index (χ2n) is 6.73. The lowest BCUT2D eigenvalue weighted by atomic mass is 10.0. The fourth-order valence-corrected chi connectivity index (χ4v) is 3.68. The fourth-order valence-electron chi connectivity index (χ4n) is 3.68. The van der Waals surface area contributed by atoms with E-state index in [9.17, 15) is 9.59 Å². The number of hydrogen-bond donors (Lipinski definition) is 1. The standard InChI is InChI=1S/C19H20N4O4/c1-10-13-6-4-5-7-14(13)20-17(24)16(10)19(25)23-9-12(26-3)8-15(23)18-22-21-11(2)27-18/h4-7,12,15H,8-9H2,1-3H3,(H,20,24)/t12-,15+/m0/s1. The van der Waals surface area contributed by atoms with E-state index in [0.717, 1.165) is 5.39 Å². The zero-order valence-corrected chi connectivity index (χ0v) is 15.4. The van der Waals surface area contributed by atoms with Crippen LogP contribution in [0.3, 0.4) is 0 Å². The van der Waals surface area contributed by atoms with Crippen molar-refractivity contribution in [2.75, 3.05) is 13.7 Å². The fraction of sp³-hybridized carbons (Fsp3) is 0.368. The Morgan fingerprint density at radius 3 is 2.78 bits per heavy atom. The normalized spacial score (nSPS) is 19.7. The highest BCUT2D eigenvalue weighted by Gasteiger charge is 2.40. The largest absolute Gasteiger partial charge is 0.423 e. The molecule has 1 aliphatic rings. The average molecular weight is 368 g/mol. The number of aromatic nitrogens is 3. The molecule has 0 spiro atoms. The van der Waals surface area contributed by atoms with Gasteiger partial charge in [-0.15, -0.1) is 10.2 Å². The van der Waals surface area contributed by atoms with Gasteiger partial charge in [-0.1, -0.05) is 18.2 Å². The summed E-state index contributed by atoms with van der Waals surface area (Å²) in [5, 5.41) is 8.77. The molecule has 2 aromatic heterocycles. The number of pyridine rings is 1. The molecule has 1 N–H and O–H groups in total. The Labute approximate surface area is 155 Å². The minimum absolute atomic E-state index is 0.131. The van der Waals surface area contributed by atoms with Crippen LogP contribution >= 0.6 is 0 Å². The molecule has 1 fully saturated rings. The van der Waals surface area contributed by atoms with E-state index >= 15 is 0 Å². The smallest absolute Gasteiger partial charge is 0.261 e. The lowest BCUT2D eigenvalue weighted by Gasteiger charge is -2.22. The van der Waals surface area contributed by atoms with Crippen molar-refractivity contribution in [3.8, 4) is 0 Å². The summed E-state index contributed by atoms with van der Waals surface area (Å²) in [7, 11) is 1.60. The molecule has 0 radical (unpaired) electrons. The molecule has 8 nitrogen and oxygen atoms in total. The number of nitrogens with one attached hydrogen (secondary N) is 1. The Balaban J connectivity index is 1.79. The number of para-hydroxylation sites is 1. The number of hydrogen-bond acceptors (Lipinski definition) is 6. The molecule has 0 aliphatic carbocycles. The van der Waals surface area contributed by atoms with Crippen molar-refractivity contribution >= 4 is 16.8 Å². The van der Waals surface area contributed by atoms with Gasteiger partial charge in [-0.25, -0.2) is 0 Å². The van der Waals surface area contributed by atoms with Gasteiger partial charge < -0.3 is 19.0 Å². The van der Waals surface area contributed by atoms with Gasteiger partial charge in [-0.2, -0.15) is 0 Å². The van der Waals surface area contributed by atoms with Crippen molar-refractivity contribution in [2.24, 2.45) is 0 Å². The average Bonchev–Trinajstić information content (AvgIpc) is 3.27. The quantitative estimate of drug-likeness (QED) is 0.760. The van der Waals surface area contributed by atoms with Crippen LogP contribution in [0.25, 0.3) is 10.9 Å². The Morgan fingerprint density at radius 1 is 1.30 bits per heavy atom. The SMILES string of the molecule is CO[C@H]1C[C@H](c2nnc(C)o2)N(C(=O)c2c(C)c3ccccc3[nH]c2=O)C1. The van der Waals surface area contributed by atoms with Gasteiger partial charge in [0.1, 0.15) is 11.6 Å². The van der Waals surface area contributed by atoms with Gasteiger partial charge in [-0.3, -0.25) is 9.59 Å². The number of benzene rings is 1. The number of carbonyl (C=O) groups excluding carboxylic acids is 1. The minimum atomic E-state index is -0.422. The number of amides is 1. The number of H-pyrrole nitrogens is 1. The van der Waals surface area contributed by atoms with Crippen LogP contribution in [0.15, 0.2) is 33.5 Å². The first-order chi connectivity index (χ1) is 13.0.